The van der Waals surface area contributed by atoms with Gasteiger partial charge in [-0.2, -0.15) is 11.3 Å². The van der Waals surface area contributed by atoms with Gasteiger partial charge in [-0.15, -0.1) is 0 Å². The molecule has 0 radical (unpaired) electrons. The lowest BCUT2D eigenvalue weighted by Gasteiger charge is -2.32. The lowest BCUT2D eigenvalue weighted by atomic mass is 9.82. The van der Waals surface area contributed by atoms with Crippen LogP contribution < -0.4 is 0 Å². The molecule has 1 aromatic heterocycles. The van der Waals surface area contributed by atoms with Crippen LogP contribution in [0.15, 0.2) is 22.6 Å². The molecule has 6 heteroatoms. The number of hydrogen-bond donors (Lipinski definition) is 0. The lowest BCUT2D eigenvalue weighted by molar-refractivity contribution is 0.00578. The smallest absolute Gasteiger partial charge is 0.398 e. The van der Waals surface area contributed by atoms with E-state index in [0.29, 0.717) is 18.6 Å². The highest BCUT2D eigenvalue weighted by molar-refractivity contribution is 7.08. The first-order valence-electron chi connectivity index (χ1n) is 7.04. The Hall–Kier alpha value is -0.685. The second-order valence-corrected chi connectivity index (χ2v) is 6.95. The molecule has 2 rings (SSSR count). The molecule has 0 atom stereocenters. The van der Waals surface area contributed by atoms with Crippen molar-refractivity contribution in [2.75, 3.05) is 13.7 Å². The summed E-state index contributed by atoms with van der Waals surface area (Å²) in [6, 6.07) is 1.90. The van der Waals surface area contributed by atoms with E-state index in [1.165, 1.54) is 11.3 Å². The summed E-state index contributed by atoms with van der Waals surface area (Å²) in [5.74, 6) is 0. The molecule has 2 heterocycles. The Bertz CT molecular complexity index is 495. The molecule has 116 valence electrons. The fourth-order valence-corrected chi connectivity index (χ4v) is 2.80. The zero-order valence-electron chi connectivity index (χ0n) is 13.2. The second-order valence-electron chi connectivity index (χ2n) is 6.17. The molecule has 1 aliphatic rings. The van der Waals surface area contributed by atoms with Crippen LogP contribution >= 0.6 is 11.3 Å². The Morgan fingerprint density at radius 3 is 2.38 bits per heavy atom. The van der Waals surface area contributed by atoms with E-state index >= 15 is 0 Å². The van der Waals surface area contributed by atoms with Crippen molar-refractivity contribution >= 4 is 24.0 Å². The van der Waals surface area contributed by atoms with Crippen molar-refractivity contribution < 1.29 is 18.4 Å². The van der Waals surface area contributed by atoms with E-state index in [0.717, 1.165) is 5.56 Å². The van der Waals surface area contributed by atoms with Crippen molar-refractivity contribution in [3.63, 3.8) is 0 Å². The topological polar surface area (TPSA) is 27.7 Å². The Morgan fingerprint density at radius 2 is 1.90 bits per heavy atom. The number of thiophene rings is 1. The standard InChI is InChI=1S/C15H22BFO3S/c1-14(2)15(3,4)20-16(19-14)13(17)12(6-8-18-5)11-7-9-21-10-11/h7,9-10H,6,8H2,1-5H3. The maximum atomic E-state index is 14.9. The van der Waals surface area contributed by atoms with Crippen molar-refractivity contribution in [1.82, 2.24) is 0 Å². The monoisotopic (exact) mass is 312 g/mol. The van der Waals surface area contributed by atoms with Gasteiger partial charge in [-0.25, -0.2) is 4.39 Å². The number of methoxy groups -OCH3 is 1. The normalized spacial score (nSPS) is 21.5. The van der Waals surface area contributed by atoms with Crippen LogP contribution in [-0.2, 0) is 14.0 Å². The minimum absolute atomic E-state index is 0.357. The zero-order valence-corrected chi connectivity index (χ0v) is 14.1. The predicted octanol–water partition coefficient (Wildman–Crippen LogP) is 4.10. The summed E-state index contributed by atoms with van der Waals surface area (Å²) in [7, 11) is 0.652. The van der Waals surface area contributed by atoms with E-state index in [1.807, 2.05) is 44.5 Å². The van der Waals surface area contributed by atoms with Gasteiger partial charge in [-0.3, -0.25) is 0 Å². The second kappa shape index (κ2) is 6.20. The molecule has 1 saturated heterocycles. The minimum atomic E-state index is -0.957. The van der Waals surface area contributed by atoms with Crippen LogP contribution in [0, 0.1) is 0 Å². The summed E-state index contributed by atoms with van der Waals surface area (Å²) >= 11 is 1.54. The first kappa shape index (κ1) is 16.7. The Morgan fingerprint density at radius 1 is 1.29 bits per heavy atom. The van der Waals surface area contributed by atoms with Crippen molar-refractivity contribution in [2.24, 2.45) is 0 Å². The van der Waals surface area contributed by atoms with Crippen LogP contribution in [0.4, 0.5) is 4.39 Å². The highest BCUT2D eigenvalue weighted by Gasteiger charge is 2.53. The van der Waals surface area contributed by atoms with Crippen LogP contribution in [0.25, 0.3) is 5.57 Å². The van der Waals surface area contributed by atoms with Gasteiger partial charge in [0, 0.05) is 7.11 Å². The summed E-state index contributed by atoms with van der Waals surface area (Å²) in [6.45, 7) is 8.12. The predicted molar refractivity (Wildman–Crippen MR) is 84.9 cm³/mol. The molecule has 21 heavy (non-hydrogen) atoms. The van der Waals surface area contributed by atoms with Gasteiger partial charge in [0.1, 0.15) is 5.73 Å². The van der Waals surface area contributed by atoms with Crippen LogP contribution in [0.1, 0.15) is 39.7 Å². The van der Waals surface area contributed by atoms with E-state index in [4.69, 9.17) is 14.0 Å². The van der Waals surface area contributed by atoms with Crippen LogP contribution in [0.2, 0.25) is 0 Å². The van der Waals surface area contributed by atoms with Crippen molar-refractivity contribution in [3.05, 3.63) is 28.1 Å². The van der Waals surface area contributed by atoms with Crippen molar-refractivity contribution in [1.29, 1.82) is 0 Å². The highest BCUT2D eigenvalue weighted by Crippen LogP contribution is 2.40. The number of rotatable bonds is 5. The van der Waals surface area contributed by atoms with Crippen LogP contribution in [-0.4, -0.2) is 32.0 Å². The molecule has 1 aliphatic heterocycles. The van der Waals surface area contributed by atoms with Gasteiger partial charge in [0.2, 0.25) is 0 Å². The van der Waals surface area contributed by atoms with Gasteiger partial charge in [-0.1, -0.05) is 0 Å². The summed E-state index contributed by atoms with van der Waals surface area (Å²) in [5.41, 5.74) is 0.0106. The van der Waals surface area contributed by atoms with Crippen molar-refractivity contribution in [3.8, 4) is 0 Å². The van der Waals surface area contributed by atoms with Gasteiger partial charge in [0.15, 0.2) is 0 Å². The van der Waals surface area contributed by atoms with E-state index in [1.54, 1.807) is 7.11 Å². The molecule has 0 aliphatic carbocycles. The molecule has 0 N–H and O–H groups in total. The Balaban J connectivity index is 2.30. The van der Waals surface area contributed by atoms with Gasteiger partial charge >= 0.3 is 7.12 Å². The average Bonchev–Trinajstić information content (AvgIpc) is 2.97. The molecule has 3 nitrogen and oxygen atoms in total. The molecular weight excluding hydrogens is 290 g/mol. The number of hydrogen-bond acceptors (Lipinski definition) is 4. The fraction of sp³-hybridized carbons (Fsp3) is 0.600. The molecule has 1 aromatic rings. The van der Waals surface area contributed by atoms with Gasteiger partial charge in [0.25, 0.3) is 0 Å². The van der Waals surface area contributed by atoms with Gasteiger partial charge in [-0.05, 0) is 62.1 Å². The van der Waals surface area contributed by atoms with Crippen LogP contribution in [0.5, 0.6) is 0 Å². The summed E-state index contributed by atoms with van der Waals surface area (Å²) < 4.78 is 31.6. The summed E-state index contributed by atoms with van der Waals surface area (Å²) in [4.78, 5) is 0. The molecule has 0 aromatic carbocycles. The van der Waals surface area contributed by atoms with Crippen molar-refractivity contribution in [2.45, 2.75) is 45.3 Å². The number of ether oxygens (including phenoxy) is 1. The third-order valence-electron chi connectivity index (χ3n) is 4.17. The zero-order chi connectivity index (χ0) is 15.7. The molecule has 0 bridgehead atoms. The molecule has 0 amide bonds. The maximum absolute atomic E-state index is 14.9. The number of halogens is 1. The quantitative estimate of drug-likeness (QED) is 0.766. The maximum Gasteiger partial charge on any atom is 0.525 e. The molecular formula is C15H22BFO3S. The summed E-state index contributed by atoms with van der Waals surface area (Å²) in [6.07, 6.45) is 0.489. The van der Waals surface area contributed by atoms with E-state index in [9.17, 15) is 4.39 Å². The van der Waals surface area contributed by atoms with Gasteiger partial charge < -0.3 is 14.0 Å². The van der Waals surface area contributed by atoms with E-state index < -0.39 is 18.3 Å². The minimum Gasteiger partial charge on any atom is -0.398 e. The molecule has 1 fully saturated rings. The molecule has 0 saturated carbocycles. The van der Waals surface area contributed by atoms with Gasteiger partial charge in [0.05, 0.1) is 17.8 Å². The fourth-order valence-electron chi connectivity index (χ4n) is 2.13. The lowest BCUT2D eigenvalue weighted by Crippen LogP contribution is -2.41. The Labute approximate surface area is 130 Å². The average molecular weight is 312 g/mol. The SMILES string of the molecule is COCCC(=C(F)B1OC(C)(C)C(C)(C)O1)c1ccsc1. The first-order valence-corrected chi connectivity index (χ1v) is 7.98. The largest absolute Gasteiger partial charge is 0.525 e. The molecule has 0 spiro atoms. The van der Waals surface area contributed by atoms with E-state index in [-0.39, 0.29) is 5.73 Å². The third-order valence-corrected chi connectivity index (χ3v) is 4.86. The first-order chi connectivity index (χ1) is 9.78. The highest BCUT2D eigenvalue weighted by atomic mass is 32.1. The third kappa shape index (κ3) is 3.39. The molecule has 0 unspecified atom stereocenters. The Kier molecular flexibility index (Phi) is 4.93. The van der Waals surface area contributed by atoms with Crippen LogP contribution in [0.3, 0.4) is 0 Å². The summed E-state index contributed by atoms with van der Waals surface area (Å²) in [5, 5.41) is 3.86. The van der Waals surface area contributed by atoms with E-state index in [2.05, 4.69) is 0 Å².